The van der Waals surface area contributed by atoms with Crippen LogP contribution in [0.25, 0.3) is 0 Å². The van der Waals surface area contributed by atoms with Crippen LogP contribution < -0.4 is 0 Å². The maximum atomic E-state index is 13.1. The van der Waals surface area contributed by atoms with E-state index in [2.05, 4.69) is 15.9 Å². The molecule has 0 fully saturated rings. The molecule has 1 N–H and O–H groups in total. The lowest BCUT2D eigenvalue weighted by Gasteiger charge is -2.16. The molecule has 1 amide bonds. The van der Waals surface area contributed by atoms with E-state index < -0.39 is 11.7 Å². The molecule has 0 bridgehead atoms. The summed E-state index contributed by atoms with van der Waals surface area (Å²) in [7, 11) is 1.61. The van der Waals surface area contributed by atoms with Gasteiger partial charge in [-0.05, 0) is 40.2 Å². The van der Waals surface area contributed by atoms with Crippen molar-refractivity contribution in [1.29, 1.82) is 0 Å². The average Bonchev–Trinajstić information content (AvgIpc) is 2.77. The molecule has 2 rings (SSSR count). The maximum Gasteiger partial charge on any atom is 0.257 e. The number of carbonyl (C=O) groups is 1. The van der Waals surface area contributed by atoms with E-state index in [0.29, 0.717) is 6.54 Å². The number of carbonyl (C=O) groups excluding carboxylic acids is 1. The minimum absolute atomic E-state index is 0.0295. The number of phenols is 1. The number of thiophene rings is 1. The topological polar surface area (TPSA) is 40.5 Å². The zero-order chi connectivity index (χ0) is 14.0. The van der Waals surface area contributed by atoms with Gasteiger partial charge in [0.15, 0.2) is 0 Å². The van der Waals surface area contributed by atoms with Gasteiger partial charge in [-0.3, -0.25) is 4.79 Å². The Morgan fingerprint density at radius 1 is 1.47 bits per heavy atom. The number of amides is 1. The van der Waals surface area contributed by atoms with Gasteiger partial charge < -0.3 is 10.0 Å². The number of benzene rings is 1. The first-order valence-electron chi connectivity index (χ1n) is 5.44. The van der Waals surface area contributed by atoms with Gasteiger partial charge in [0.25, 0.3) is 5.91 Å². The molecule has 19 heavy (non-hydrogen) atoms. The van der Waals surface area contributed by atoms with E-state index in [4.69, 9.17) is 0 Å². The number of halogens is 2. The molecule has 1 aromatic carbocycles. The van der Waals surface area contributed by atoms with Gasteiger partial charge >= 0.3 is 0 Å². The summed E-state index contributed by atoms with van der Waals surface area (Å²) < 4.78 is 14.1. The lowest BCUT2D eigenvalue weighted by Crippen LogP contribution is -2.26. The highest BCUT2D eigenvalue weighted by molar-refractivity contribution is 9.10. The van der Waals surface area contributed by atoms with Crippen LogP contribution in [0.1, 0.15) is 15.2 Å². The summed E-state index contributed by atoms with van der Waals surface area (Å²) in [5.74, 6) is -1.18. The summed E-state index contributed by atoms with van der Waals surface area (Å²) in [4.78, 5) is 14.6. The molecule has 0 aliphatic heterocycles. The zero-order valence-electron chi connectivity index (χ0n) is 10.1. The van der Waals surface area contributed by atoms with Gasteiger partial charge in [0.1, 0.15) is 11.6 Å². The Balaban J connectivity index is 2.16. The van der Waals surface area contributed by atoms with Crippen molar-refractivity contribution < 1.29 is 14.3 Å². The molecule has 0 aliphatic carbocycles. The van der Waals surface area contributed by atoms with Gasteiger partial charge in [-0.25, -0.2) is 4.39 Å². The molecule has 100 valence electrons. The molecule has 0 atom stereocenters. The normalized spacial score (nSPS) is 10.5. The second-order valence-corrected chi connectivity index (χ2v) is 5.97. The molecule has 1 heterocycles. The molecule has 0 unspecified atom stereocenters. The first-order valence-corrected chi connectivity index (χ1v) is 7.11. The fraction of sp³-hybridized carbons (Fsp3) is 0.154. The van der Waals surface area contributed by atoms with Crippen molar-refractivity contribution in [2.45, 2.75) is 6.54 Å². The van der Waals surface area contributed by atoms with E-state index in [-0.39, 0.29) is 11.3 Å². The lowest BCUT2D eigenvalue weighted by atomic mass is 10.1. The Hall–Kier alpha value is -1.40. The summed E-state index contributed by atoms with van der Waals surface area (Å²) in [5.41, 5.74) is -0.0295. The third-order valence-corrected chi connectivity index (χ3v) is 4.23. The molecule has 1 aromatic heterocycles. The van der Waals surface area contributed by atoms with Crippen LogP contribution in [0.4, 0.5) is 4.39 Å². The first-order chi connectivity index (χ1) is 8.97. The van der Waals surface area contributed by atoms with E-state index in [1.54, 1.807) is 7.05 Å². The maximum absolute atomic E-state index is 13.1. The van der Waals surface area contributed by atoms with Crippen molar-refractivity contribution in [1.82, 2.24) is 4.90 Å². The molecule has 0 spiro atoms. The second kappa shape index (κ2) is 5.71. The number of aromatic hydroxyl groups is 1. The van der Waals surface area contributed by atoms with Crippen molar-refractivity contribution in [2.24, 2.45) is 0 Å². The van der Waals surface area contributed by atoms with E-state index in [1.165, 1.54) is 22.3 Å². The van der Waals surface area contributed by atoms with Gasteiger partial charge in [-0.2, -0.15) is 0 Å². The lowest BCUT2D eigenvalue weighted by molar-refractivity contribution is 0.0783. The molecule has 3 nitrogen and oxygen atoms in total. The van der Waals surface area contributed by atoms with Crippen LogP contribution in [0, 0.1) is 5.82 Å². The molecule has 0 saturated heterocycles. The van der Waals surface area contributed by atoms with Crippen molar-refractivity contribution >= 4 is 33.2 Å². The fourth-order valence-electron chi connectivity index (χ4n) is 1.63. The Labute approximate surface area is 122 Å². The number of rotatable bonds is 3. The van der Waals surface area contributed by atoms with Crippen molar-refractivity contribution in [3.63, 3.8) is 0 Å². The van der Waals surface area contributed by atoms with Gasteiger partial charge in [-0.1, -0.05) is 0 Å². The SMILES string of the molecule is CN(Cc1cc(Br)cs1)C(=O)c1cc(F)ccc1O. The molecule has 0 saturated carbocycles. The van der Waals surface area contributed by atoms with Crippen LogP contribution in [-0.4, -0.2) is 23.0 Å². The van der Waals surface area contributed by atoms with Crippen molar-refractivity contribution in [3.05, 3.63) is 50.4 Å². The number of phenolic OH excluding ortho intramolecular Hbond substituents is 1. The number of hydrogen-bond donors (Lipinski definition) is 1. The first kappa shape index (κ1) is 14.0. The van der Waals surface area contributed by atoms with Gasteiger partial charge in [0, 0.05) is 21.8 Å². The van der Waals surface area contributed by atoms with Crippen LogP contribution >= 0.6 is 27.3 Å². The van der Waals surface area contributed by atoms with E-state index in [9.17, 15) is 14.3 Å². The molecular weight excluding hydrogens is 333 g/mol. The molecule has 6 heteroatoms. The minimum atomic E-state index is -0.548. The predicted octanol–water partition coefficient (Wildman–Crippen LogP) is 3.63. The van der Waals surface area contributed by atoms with Crippen molar-refractivity contribution in [3.8, 4) is 5.75 Å². The van der Waals surface area contributed by atoms with Crippen LogP contribution in [0.3, 0.4) is 0 Å². The molecule has 2 aromatic rings. The van der Waals surface area contributed by atoms with Crippen LogP contribution in [-0.2, 0) is 6.54 Å². The Bertz CT molecular complexity index is 614. The highest BCUT2D eigenvalue weighted by atomic mass is 79.9. The number of hydrogen-bond acceptors (Lipinski definition) is 3. The summed E-state index contributed by atoms with van der Waals surface area (Å²) in [6, 6.07) is 5.25. The highest BCUT2D eigenvalue weighted by Gasteiger charge is 2.17. The Morgan fingerprint density at radius 2 is 2.21 bits per heavy atom. The zero-order valence-corrected chi connectivity index (χ0v) is 12.5. The van der Waals surface area contributed by atoms with Gasteiger partial charge in [-0.15, -0.1) is 11.3 Å². The fourth-order valence-corrected chi connectivity index (χ4v) is 3.13. The summed E-state index contributed by atoms with van der Waals surface area (Å²) >= 11 is 4.86. The number of nitrogens with zero attached hydrogens (tertiary/aromatic N) is 1. The quantitative estimate of drug-likeness (QED) is 0.924. The third-order valence-electron chi connectivity index (χ3n) is 2.55. The summed E-state index contributed by atoms with van der Waals surface area (Å²) in [6.07, 6.45) is 0. The summed E-state index contributed by atoms with van der Waals surface area (Å²) in [6.45, 7) is 0.408. The summed E-state index contributed by atoms with van der Waals surface area (Å²) in [5, 5.41) is 11.5. The standard InChI is InChI=1S/C13H11BrFNO2S/c1-16(6-10-4-8(14)7-19-10)13(18)11-5-9(15)2-3-12(11)17/h2-5,7,17H,6H2,1H3. The monoisotopic (exact) mass is 343 g/mol. The van der Waals surface area contributed by atoms with E-state index in [1.807, 2.05) is 11.4 Å². The van der Waals surface area contributed by atoms with Gasteiger partial charge in [0.05, 0.1) is 12.1 Å². The molecule has 0 radical (unpaired) electrons. The van der Waals surface area contributed by atoms with Gasteiger partial charge in [0.2, 0.25) is 0 Å². The molecule has 0 aliphatic rings. The third kappa shape index (κ3) is 3.33. The smallest absolute Gasteiger partial charge is 0.257 e. The molecular formula is C13H11BrFNO2S. The van der Waals surface area contributed by atoms with E-state index >= 15 is 0 Å². The van der Waals surface area contributed by atoms with Crippen LogP contribution in [0.2, 0.25) is 0 Å². The minimum Gasteiger partial charge on any atom is -0.507 e. The average molecular weight is 344 g/mol. The Kier molecular flexibility index (Phi) is 4.21. The predicted molar refractivity (Wildman–Crippen MR) is 75.9 cm³/mol. The second-order valence-electron chi connectivity index (χ2n) is 4.05. The van der Waals surface area contributed by atoms with Crippen molar-refractivity contribution in [2.75, 3.05) is 7.05 Å². The van der Waals surface area contributed by atoms with E-state index in [0.717, 1.165) is 21.5 Å². The largest absolute Gasteiger partial charge is 0.507 e. The Morgan fingerprint density at radius 3 is 2.84 bits per heavy atom. The van der Waals surface area contributed by atoms with Crippen LogP contribution in [0.15, 0.2) is 34.1 Å². The highest BCUT2D eigenvalue weighted by Crippen LogP contribution is 2.23. The van der Waals surface area contributed by atoms with Crippen LogP contribution in [0.5, 0.6) is 5.75 Å².